The van der Waals surface area contributed by atoms with Gasteiger partial charge in [-0.1, -0.05) is 25.0 Å². The number of nitrogens with one attached hydrogen (secondary N) is 3. The van der Waals surface area contributed by atoms with Crippen molar-refractivity contribution in [2.75, 3.05) is 13.2 Å². The van der Waals surface area contributed by atoms with E-state index >= 15 is 0 Å². The second-order valence-corrected chi connectivity index (χ2v) is 19.5. The maximum atomic E-state index is 14.8. The Morgan fingerprint density at radius 1 is 1.07 bits per heavy atom. The molecule has 4 heterocycles. The number of halogens is 1. The molecule has 17 heteroatoms. The van der Waals surface area contributed by atoms with Gasteiger partial charge in [-0.25, -0.2) is 22.6 Å². The lowest BCUT2D eigenvalue weighted by Crippen LogP contribution is -2.58. The summed E-state index contributed by atoms with van der Waals surface area (Å²) in [5.74, 6) is -2.21. The van der Waals surface area contributed by atoms with Gasteiger partial charge in [-0.05, 0) is 97.4 Å². The van der Waals surface area contributed by atoms with Crippen molar-refractivity contribution in [2.24, 2.45) is 5.92 Å². The van der Waals surface area contributed by atoms with Gasteiger partial charge in [-0.15, -0.1) is 0 Å². The quantitative estimate of drug-likeness (QED) is 0.170. The fourth-order valence-corrected chi connectivity index (χ4v) is 9.82. The lowest BCUT2D eigenvalue weighted by Gasteiger charge is -2.30. The van der Waals surface area contributed by atoms with Crippen LogP contribution in [0.5, 0.6) is 11.5 Å². The molecule has 0 unspecified atom stereocenters. The van der Waals surface area contributed by atoms with E-state index in [-0.39, 0.29) is 37.1 Å². The minimum atomic E-state index is -3.94. The van der Waals surface area contributed by atoms with Crippen LogP contribution < -0.4 is 24.8 Å². The third-order valence-corrected chi connectivity index (χ3v) is 13.6. The standard InChI is InChI=1S/C44H52FN5O10S/c1-6-57-34-19-18-30-35-38(59-36(30)24(34)2)37(29-17-14-26(45)20-32(29)46-35)58-27-21-33-39(51)48-44(41(53)49-61(55,56)28-15-16-28)22-25(44)12-10-8-7-9-11-13-31(40(52)50(33)23-27)47-42(54)60-43(3,4)5/h10,12,14,17-20,25,27-28,31,33H,6-9,11,13,15-16,21-23H2,1-5H3,(H,47,54)(H,48,51)(H,49,53)/b12-10-/t25-,27-,31+,33+,44-/m1/s1. The number of pyridine rings is 1. The molecule has 326 valence electrons. The lowest BCUT2D eigenvalue weighted by atomic mass is 10.0. The maximum absolute atomic E-state index is 14.8. The van der Waals surface area contributed by atoms with Crippen molar-refractivity contribution in [2.45, 2.75) is 127 Å². The minimum Gasteiger partial charge on any atom is -0.493 e. The summed E-state index contributed by atoms with van der Waals surface area (Å²) >= 11 is 0. The van der Waals surface area contributed by atoms with E-state index in [9.17, 15) is 32.0 Å². The molecule has 2 aliphatic carbocycles. The smallest absolute Gasteiger partial charge is 0.408 e. The number of hydrogen-bond acceptors (Lipinski definition) is 11. The molecule has 2 aromatic heterocycles. The van der Waals surface area contributed by atoms with Gasteiger partial charge in [0, 0.05) is 34.7 Å². The Bertz CT molecular complexity index is 2570. The molecule has 4 amide bonds. The summed E-state index contributed by atoms with van der Waals surface area (Å²) in [5, 5.41) is 6.04. The van der Waals surface area contributed by atoms with E-state index in [0.717, 1.165) is 18.4 Å². The molecule has 0 bridgehead atoms. The predicted molar refractivity (Wildman–Crippen MR) is 224 cm³/mol. The fraction of sp³-hybridized carbons (Fsp3) is 0.523. The number of furan rings is 1. The Hall–Kier alpha value is -5.45. The molecule has 2 aromatic carbocycles. The van der Waals surface area contributed by atoms with Crippen LogP contribution in [-0.4, -0.2) is 89.8 Å². The van der Waals surface area contributed by atoms with Crippen LogP contribution in [-0.2, 0) is 29.1 Å². The Kier molecular flexibility index (Phi) is 11.2. The summed E-state index contributed by atoms with van der Waals surface area (Å²) in [6.45, 7) is 9.18. The van der Waals surface area contributed by atoms with Gasteiger partial charge in [-0.3, -0.25) is 19.1 Å². The number of hydrogen-bond donors (Lipinski definition) is 3. The predicted octanol–water partition coefficient (Wildman–Crippen LogP) is 6.23. The van der Waals surface area contributed by atoms with Gasteiger partial charge in [0.25, 0.3) is 5.91 Å². The Labute approximate surface area is 353 Å². The SMILES string of the molecule is CCOc1ccc2c(oc3c(O[C@@H]4C[C@H]5C(=O)N[C@]6(C(=O)NS(=O)(=O)C7CC7)C[C@H]6/C=C\CCCCC[C@H](NC(=O)OC(C)(C)C)C(=O)N5C4)c4ccc(F)cc4nc32)c1C. The number of benzene rings is 2. The molecule has 8 rings (SSSR count). The van der Waals surface area contributed by atoms with Gasteiger partial charge in [0.1, 0.15) is 52.0 Å². The molecule has 15 nitrogen and oxygen atoms in total. The first-order valence-electron chi connectivity index (χ1n) is 21.1. The van der Waals surface area contributed by atoms with Crippen molar-refractivity contribution in [1.82, 2.24) is 25.2 Å². The highest BCUT2D eigenvalue weighted by atomic mass is 32.2. The zero-order valence-corrected chi connectivity index (χ0v) is 35.8. The van der Waals surface area contributed by atoms with Crippen molar-refractivity contribution < 1.29 is 50.6 Å². The van der Waals surface area contributed by atoms with Gasteiger partial charge in [0.05, 0.1) is 23.9 Å². The second kappa shape index (κ2) is 16.1. The number of aryl methyl sites for hydroxylation is 1. The van der Waals surface area contributed by atoms with E-state index in [1.54, 1.807) is 20.8 Å². The van der Waals surface area contributed by atoms with Crippen LogP contribution in [0.2, 0.25) is 0 Å². The summed E-state index contributed by atoms with van der Waals surface area (Å²) in [5.41, 5.74) is -0.205. The molecule has 61 heavy (non-hydrogen) atoms. The molecule has 5 atom stereocenters. The average Bonchev–Trinajstić information content (AvgIpc) is 4.09. The van der Waals surface area contributed by atoms with Crippen LogP contribution in [0, 0.1) is 18.7 Å². The number of fused-ring (bicyclic) bond motifs is 6. The van der Waals surface area contributed by atoms with Crippen molar-refractivity contribution in [3.63, 3.8) is 0 Å². The minimum absolute atomic E-state index is 0.0600. The third kappa shape index (κ3) is 8.57. The summed E-state index contributed by atoms with van der Waals surface area (Å²) in [7, 11) is -3.94. The Morgan fingerprint density at radius 3 is 2.57 bits per heavy atom. The van der Waals surface area contributed by atoms with E-state index in [1.807, 2.05) is 38.1 Å². The topological polar surface area (TPSA) is 195 Å². The van der Waals surface area contributed by atoms with E-state index in [1.165, 1.54) is 23.1 Å². The molecular weight excluding hydrogens is 810 g/mol. The first kappa shape index (κ1) is 42.2. The van der Waals surface area contributed by atoms with E-state index in [2.05, 4.69) is 15.4 Å². The fourth-order valence-electron chi connectivity index (χ4n) is 8.45. The van der Waals surface area contributed by atoms with Crippen molar-refractivity contribution >= 4 is 66.8 Å². The van der Waals surface area contributed by atoms with Gasteiger partial charge in [0.15, 0.2) is 11.3 Å². The highest BCUT2D eigenvalue weighted by Gasteiger charge is 2.62. The van der Waals surface area contributed by atoms with Crippen molar-refractivity contribution in [3.8, 4) is 11.5 Å². The monoisotopic (exact) mass is 861 g/mol. The largest absolute Gasteiger partial charge is 0.493 e. The van der Waals surface area contributed by atoms with Crippen LogP contribution in [0.3, 0.4) is 0 Å². The molecule has 4 aliphatic rings. The number of amides is 4. The number of carbonyl (C=O) groups excluding carboxylic acids is 4. The maximum Gasteiger partial charge on any atom is 0.408 e. The number of allylic oxidation sites excluding steroid dienone is 1. The molecule has 3 fully saturated rings. The highest BCUT2D eigenvalue weighted by molar-refractivity contribution is 7.91. The van der Waals surface area contributed by atoms with Gasteiger partial charge in [-0.2, -0.15) is 0 Å². The van der Waals surface area contributed by atoms with Crippen LogP contribution in [0.1, 0.15) is 91.0 Å². The molecular formula is C44H52FN5O10S. The average molecular weight is 862 g/mol. The number of carbonyl (C=O) groups is 4. The molecule has 2 aliphatic heterocycles. The zero-order valence-electron chi connectivity index (χ0n) is 35.0. The van der Waals surface area contributed by atoms with Crippen molar-refractivity contribution in [3.05, 3.63) is 53.9 Å². The summed E-state index contributed by atoms with van der Waals surface area (Å²) in [6, 6.07) is 5.44. The van der Waals surface area contributed by atoms with Gasteiger partial charge < -0.3 is 34.2 Å². The van der Waals surface area contributed by atoms with E-state index in [0.29, 0.717) is 65.4 Å². The first-order valence-corrected chi connectivity index (χ1v) is 22.6. The number of aromatic nitrogens is 1. The lowest BCUT2D eigenvalue weighted by molar-refractivity contribution is -0.141. The first-order chi connectivity index (χ1) is 29.0. The van der Waals surface area contributed by atoms with E-state index in [4.69, 9.17) is 23.6 Å². The number of rotatable bonds is 8. The number of nitrogens with zero attached hydrogens (tertiary/aromatic N) is 2. The summed E-state index contributed by atoms with van der Waals surface area (Å²) < 4.78 is 67.5. The molecule has 0 spiro atoms. The third-order valence-electron chi connectivity index (χ3n) is 11.8. The molecule has 3 N–H and O–H groups in total. The zero-order chi connectivity index (χ0) is 43.4. The van der Waals surface area contributed by atoms with Crippen LogP contribution in [0.4, 0.5) is 9.18 Å². The normalized spacial score (nSPS) is 25.5. The Balaban J connectivity index is 1.18. The molecule has 2 saturated carbocycles. The van der Waals surface area contributed by atoms with Gasteiger partial charge in [0.2, 0.25) is 21.8 Å². The number of ether oxygens (including phenoxy) is 3. The summed E-state index contributed by atoms with van der Waals surface area (Å²) in [4.78, 5) is 62.5. The van der Waals surface area contributed by atoms with Gasteiger partial charge >= 0.3 is 6.09 Å². The Morgan fingerprint density at radius 2 is 1.84 bits per heavy atom. The highest BCUT2D eigenvalue weighted by Crippen LogP contribution is 2.47. The van der Waals surface area contributed by atoms with Crippen LogP contribution >= 0.6 is 0 Å². The van der Waals surface area contributed by atoms with E-state index < -0.39 is 80.2 Å². The molecule has 0 radical (unpaired) electrons. The van der Waals surface area contributed by atoms with Crippen LogP contribution in [0.15, 0.2) is 46.9 Å². The number of alkyl carbamates (subject to hydrolysis) is 1. The number of sulfonamides is 1. The molecule has 4 aromatic rings. The molecule has 1 saturated heterocycles. The summed E-state index contributed by atoms with van der Waals surface area (Å²) in [6.07, 6.45) is 6.09. The second-order valence-electron chi connectivity index (χ2n) is 17.6. The van der Waals surface area contributed by atoms with Crippen LogP contribution in [0.25, 0.3) is 33.0 Å². The van der Waals surface area contributed by atoms with Crippen molar-refractivity contribution in [1.29, 1.82) is 0 Å².